The molecule has 2 aliphatic carbocycles. The number of hydrogen-bond donors (Lipinski definition) is 0. The second-order valence-corrected chi connectivity index (χ2v) is 5.52. The molecule has 2 nitrogen and oxygen atoms in total. The fourth-order valence-electron chi connectivity index (χ4n) is 3.96. The highest BCUT2D eigenvalue weighted by atomic mass is 16.7. The molecule has 2 atom stereocenters. The summed E-state index contributed by atoms with van der Waals surface area (Å²) in [7, 11) is 0. The molecule has 2 heteroatoms. The smallest absolute Gasteiger partial charge is 0.172 e. The predicted octanol–water partition coefficient (Wildman–Crippen LogP) is 3.24. The Kier molecular flexibility index (Phi) is 2.36. The average molecular weight is 242 g/mol. The van der Waals surface area contributed by atoms with Crippen molar-refractivity contribution in [3.63, 3.8) is 0 Å². The van der Waals surface area contributed by atoms with E-state index >= 15 is 0 Å². The van der Waals surface area contributed by atoms with E-state index in [1.165, 1.54) is 17.6 Å². The van der Waals surface area contributed by atoms with Crippen molar-refractivity contribution < 1.29 is 9.47 Å². The molecule has 0 radical (unpaired) electrons. The van der Waals surface area contributed by atoms with Crippen LogP contribution in [0.25, 0.3) is 5.57 Å². The van der Waals surface area contributed by atoms with Crippen molar-refractivity contribution >= 4 is 5.57 Å². The Morgan fingerprint density at radius 1 is 1.06 bits per heavy atom. The van der Waals surface area contributed by atoms with Crippen LogP contribution < -0.4 is 0 Å². The summed E-state index contributed by atoms with van der Waals surface area (Å²) in [6.07, 6.45) is 5.77. The van der Waals surface area contributed by atoms with Gasteiger partial charge in [0.05, 0.1) is 13.2 Å². The van der Waals surface area contributed by atoms with E-state index in [9.17, 15) is 0 Å². The van der Waals surface area contributed by atoms with Gasteiger partial charge in [-0.2, -0.15) is 0 Å². The molecule has 1 aromatic carbocycles. The van der Waals surface area contributed by atoms with Crippen molar-refractivity contribution in [3.8, 4) is 0 Å². The summed E-state index contributed by atoms with van der Waals surface area (Å²) in [6.45, 7) is 1.54. The molecular weight excluding hydrogens is 224 g/mol. The van der Waals surface area contributed by atoms with Crippen LogP contribution in [0.1, 0.15) is 24.8 Å². The van der Waals surface area contributed by atoms with Crippen molar-refractivity contribution in [2.24, 2.45) is 11.8 Å². The first kappa shape index (κ1) is 10.8. The van der Waals surface area contributed by atoms with E-state index < -0.39 is 0 Å². The number of fused-ring (bicyclic) bond motifs is 2. The highest BCUT2D eigenvalue weighted by Crippen LogP contribution is 2.55. The Bertz CT molecular complexity index is 471. The van der Waals surface area contributed by atoms with Crippen LogP contribution in [0.2, 0.25) is 0 Å². The molecular formula is C16H18O2. The van der Waals surface area contributed by atoms with Crippen LogP contribution in [0, 0.1) is 11.8 Å². The number of benzene rings is 1. The second-order valence-electron chi connectivity index (χ2n) is 5.52. The lowest BCUT2D eigenvalue weighted by atomic mass is 9.89. The summed E-state index contributed by atoms with van der Waals surface area (Å²) in [5.74, 6) is 0.915. The zero-order valence-electron chi connectivity index (χ0n) is 10.5. The number of hydrogen-bond acceptors (Lipinski definition) is 2. The summed E-state index contributed by atoms with van der Waals surface area (Å²) in [5, 5.41) is 0. The Labute approximate surface area is 108 Å². The molecule has 0 bridgehead atoms. The molecule has 94 valence electrons. The predicted molar refractivity (Wildman–Crippen MR) is 69.9 cm³/mol. The van der Waals surface area contributed by atoms with E-state index in [0.717, 1.165) is 26.1 Å². The van der Waals surface area contributed by atoms with Gasteiger partial charge in [0.25, 0.3) is 0 Å². The van der Waals surface area contributed by atoms with E-state index in [0.29, 0.717) is 11.8 Å². The first-order chi connectivity index (χ1) is 8.89. The first-order valence-electron chi connectivity index (χ1n) is 6.92. The molecule has 1 saturated heterocycles. The Hall–Kier alpha value is -1.12. The van der Waals surface area contributed by atoms with Gasteiger partial charge in [0, 0.05) is 12.3 Å². The van der Waals surface area contributed by atoms with E-state index in [2.05, 4.69) is 36.4 Å². The molecule has 4 rings (SSSR count). The van der Waals surface area contributed by atoms with Crippen LogP contribution in [0.5, 0.6) is 0 Å². The molecule has 1 aromatic rings. The van der Waals surface area contributed by atoms with Gasteiger partial charge in [-0.25, -0.2) is 0 Å². The second kappa shape index (κ2) is 3.94. The summed E-state index contributed by atoms with van der Waals surface area (Å²) >= 11 is 0. The largest absolute Gasteiger partial charge is 0.347 e. The highest BCUT2D eigenvalue weighted by molar-refractivity contribution is 5.70. The minimum Gasteiger partial charge on any atom is -0.347 e. The third-order valence-electron chi connectivity index (χ3n) is 4.73. The maximum absolute atomic E-state index is 5.94. The third-order valence-corrected chi connectivity index (χ3v) is 4.73. The van der Waals surface area contributed by atoms with Gasteiger partial charge in [0.15, 0.2) is 5.79 Å². The molecule has 0 aromatic heterocycles. The topological polar surface area (TPSA) is 18.5 Å². The van der Waals surface area contributed by atoms with E-state index in [1.807, 2.05) is 0 Å². The van der Waals surface area contributed by atoms with Gasteiger partial charge in [0.1, 0.15) is 0 Å². The normalized spacial score (nSPS) is 32.8. The fraction of sp³-hybridized carbons (Fsp3) is 0.500. The fourth-order valence-corrected chi connectivity index (χ4v) is 3.96. The van der Waals surface area contributed by atoms with Gasteiger partial charge in [0.2, 0.25) is 0 Å². The van der Waals surface area contributed by atoms with Crippen molar-refractivity contribution in [1.82, 2.24) is 0 Å². The Balaban J connectivity index is 1.64. The summed E-state index contributed by atoms with van der Waals surface area (Å²) in [4.78, 5) is 0. The first-order valence-corrected chi connectivity index (χ1v) is 6.92. The van der Waals surface area contributed by atoms with Gasteiger partial charge >= 0.3 is 0 Å². The molecule has 2 fully saturated rings. The lowest BCUT2D eigenvalue weighted by Gasteiger charge is -2.29. The monoisotopic (exact) mass is 242 g/mol. The highest BCUT2D eigenvalue weighted by Gasteiger charge is 2.54. The average Bonchev–Trinajstić information content (AvgIpc) is 3.11. The molecule has 0 N–H and O–H groups in total. The number of ether oxygens (including phenoxy) is 2. The number of allylic oxidation sites excluding steroid dienone is 2. The van der Waals surface area contributed by atoms with Crippen LogP contribution in [0.15, 0.2) is 36.4 Å². The Morgan fingerprint density at radius 3 is 2.61 bits per heavy atom. The molecule has 3 aliphatic rings. The zero-order valence-corrected chi connectivity index (χ0v) is 10.5. The van der Waals surface area contributed by atoms with Gasteiger partial charge in [-0.1, -0.05) is 36.4 Å². The molecule has 1 aliphatic heterocycles. The molecule has 1 saturated carbocycles. The molecule has 1 spiro atoms. The minimum atomic E-state index is -0.252. The molecule has 0 amide bonds. The van der Waals surface area contributed by atoms with Crippen LogP contribution in [-0.4, -0.2) is 19.0 Å². The van der Waals surface area contributed by atoms with Gasteiger partial charge in [-0.3, -0.25) is 0 Å². The number of rotatable bonds is 1. The van der Waals surface area contributed by atoms with Crippen molar-refractivity contribution in [3.05, 3.63) is 42.0 Å². The summed E-state index contributed by atoms with van der Waals surface area (Å²) in [6, 6.07) is 10.8. The standard InChI is InChI=1S/C16H18O2/c1-2-4-12(5-3-1)13-6-7-15-14(13)8-9-16(15)17-10-11-18-16/h1-6,14-15H,7-11H2. The zero-order chi connectivity index (χ0) is 12.0. The van der Waals surface area contributed by atoms with Crippen molar-refractivity contribution in [2.75, 3.05) is 13.2 Å². The van der Waals surface area contributed by atoms with Crippen molar-refractivity contribution in [1.29, 1.82) is 0 Å². The summed E-state index contributed by atoms with van der Waals surface area (Å²) < 4.78 is 11.9. The van der Waals surface area contributed by atoms with Crippen LogP contribution in [0.4, 0.5) is 0 Å². The van der Waals surface area contributed by atoms with E-state index in [-0.39, 0.29) is 5.79 Å². The maximum Gasteiger partial charge on any atom is 0.172 e. The van der Waals surface area contributed by atoms with Crippen LogP contribution in [0.3, 0.4) is 0 Å². The molecule has 2 unspecified atom stereocenters. The lowest BCUT2D eigenvalue weighted by Crippen LogP contribution is -2.35. The third kappa shape index (κ3) is 1.42. The van der Waals surface area contributed by atoms with E-state index in [4.69, 9.17) is 9.47 Å². The minimum absolute atomic E-state index is 0.252. The van der Waals surface area contributed by atoms with Gasteiger partial charge in [-0.05, 0) is 29.9 Å². The van der Waals surface area contributed by atoms with E-state index in [1.54, 1.807) is 0 Å². The van der Waals surface area contributed by atoms with Crippen LogP contribution >= 0.6 is 0 Å². The van der Waals surface area contributed by atoms with Crippen molar-refractivity contribution in [2.45, 2.75) is 25.0 Å². The van der Waals surface area contributed by atoms with Crippen LogP contribution in [-0.2, 0) is 9.47 Å². The van der Waals surface area contributed by atoms with Gasteiger partial charge < -0.3 is 9.47 Å². The Morgan fingerprint density at radius 2 is 1.83 bits per heavy atom. The quantitative estimate of drug-likeness (QED) is 0.752. The summed E-state index contributed by atoms with van der Waals surface area (Å²) in [5.41, 5.74) is 2.89. The SMILES string of the molecule is C1=C(c2ccccc2)C2CCC3(OCCO3)C2C1. The molecule has 1 heterocycles. The molecule has 18 heavy (non-hydrogen) atoms. The maximum atomic E-state index is 5.94. The lowest BCUT2D eigenvalue weighted by molar-refractivity contribution is -0.182. The van der Waals surface area contributed by atoms with Gasteiger partial charge in [-0.15, -0.1) is 0 Å².